The minimum Gasteiger partial charge on any atom is -0.392 e. The van der Waals surface area contributed by atoms with Crippen LogP contribution in [-0.2, 0) is 6.42 Å². The molecule has 0 saturated heterocycles. The maximum absolute atomic E-state index is 10.5. The first-order valence-electron chi connectivity index (χ1n) is 6.62. The maximum atomic E-state index is 10.5. The molecule has 0 aromatic heterocycles. The molecule has 0 amide bonds. The Kier molecular flexibility index (Phi) is 2.72. The Morgan fingerprint density at radius 1 is 1.06 bits per heavy atom. The third-order valence-electron chi connectivity index (χ3n) is 4.47. The Bertz CT molecular complexity index is 365. The summed E-state index contributed by atoms with van der Waals surface area (Å²) in [7, 11) is 0. The molecule has 1 unspecified atom stereocenters. The third-order valence-corrected chi connectivity index (χ3v) is 4.47. The highest BCUT2D eigenvalue weighted by Gasteiger charge is 2.34. The lowest BCUT2D eigenvalue weighted by molar-refractivity contribution is 0.0830. The first-order chi connectivity index (χ1) is 7.86. The molecule has 1 saturated carbocycles. The average molecular weight is 216 g/mol. The van der Waals surface area contributed by atoms with E-state index in [0.717, 1.165) is 12.8 Å². The van der Waals surface area contributed by atoms with Gasteiger partial charge in [0.15, 0.2) is 0 Å². The summed E-state index contributed by atoms with van der Waals surface area (Å²) in [5.74, 6) is 0.982. The summed E-state index contributed by atoms with van der Waals surface area (Å²) in [6.07, 6.45) is 7.32. The van der Waals surface area contributed by atoms with E-state index in [2.05, 4.69) is 24.3 Å². The molecule has 1 heteroatoms. The van der Waals surface area contributed by atoms with Crippen molar-refractivity contribution in [2.45, 2.75) is 50.5 Å². The van der Waals surface area contributed by atoms with Crippen molar-refractivity contribution in [1.82, 2.24) is 0 Å². The summed E-state index contributed by atoms with van der Waals surface area (Å²) >= 11 is 0. The first-order valence-corrected chi connectivity index (χ1v) is 6.62. The van der Waals surface area contributed by atoms with Gasteiger partial charge in [0.2, 0.25) is 0 Å². The van der Waals surface area contributed by atoms with Crippen LogP contribution < -0.4 is 0 Å². The lowest BCUT2D eigenvalue weighted by Gasteiger charge is -2.24. The minimum atomic E-state index is -0.0915. The molecule has 0 aliphatic heterocycles. The summed E-state index contributed by atoms with van der Waals surface area (Å²) in [6, 6.07) is 8.66. The van der Waals surface area contributed by atoms with Crippen molar-refractivity contribution in [3.05, 3.63) is 35.4 Å². The van der Waals surface area contributed by atoms with E-state index in [1.807, 2.05) is 0 Å². The Labute approximate surface area is 97.5 Å². The van der Waals surface area contributed by atoms with E-state index >= 15 is 0 Å². The van der Waals surface area contributed by atoms with Gasteiger partial charge in [0.25, 0.3) is 0 Å². The third kappa shape index (κ3) is 1.67. The molecule has 86 valence electrons. The van der Waals surface area contributed by atoms with E-state index in [4.69, 9.17) is 0 Å². The van der Waals surface area contributed by atoms with Gasteiger partial charge in [-0.05, 0) is 42.7 Å². The summed E-state index contributed by atoms with van der Waals surface area (Å²) in [6.45, 7) is 0. The molecule has 1 aromatic carbocycles. The zero-order chi connectivity index (χ0) is 11.0. The molecule has 3 rings (SSSR count). The Morgan fingerprint density at radius 3 is 2.62 bits per heavy atom. The fraction of sp³-hybridized carbons (Fsp3) is 0.600. The van der Waals surface area contributed by atoms with Crippen molar-refractivity contribution >= 4 is 0 Å². The van der Waals surface area contributed by atoms with Crippen LogP contribution in [0.2, 0.25) is 0 Å². The highest BCUT2D eigenvalue weighted by atomic mass is 16.3. The van der Waals surface area contributed by atoms with E-state index < -0.39 is 0 Å². The van der Waals surface area contributed by atoms with Crippen molar-refractivity contribution in [3.63, 3.8) is 0 Å². The SMILES string of the molecule is O[C@@H](C1CCCC1)C1CCc2ccccc21. The van der Waals surface area contributed by atoms with Gasteiger partial charge >= 0.3 is 0 Å². The zero-order valence-electron chi connectivity index (χ0n) is 9.73. The number of aryl methyl sites for hydroxylation is 1. The lowest BCUT2D eigenvalue weighted by Crippen LogP contribution is -2.24. The molecular formula is C15H20O. The molecular weight excluding hydrogens is 196 g/mol. The second-order valence-corrected chi connectivity index (χ2v) is 5.38. The Hall–Kier alpha value is -0.820. The predicted octanol–water partition coefficient (Wildman–Crippen LogP) is 3.27. The number of benzene rings is 1. The van der Waals surface area contributed by atoms with Crippen molar-refractivity contribution in [2.75, 3.05) is 0 Å². The van der Waals surface area contributed by atoms with Crippen molar-refractivity contribution < 1.29 is 5.11 Å². The number of fused-ring (bicyclic) bond motifs is 1. The van der Waals surface area contributed by atoms with Crippen LogP contribution in [0.5, 0.6) is 0 Å². The van der Waals surface area contributed by atoms with Gasteiger partial charge in [-0.2, -0.15) is 0 Å². The van der Waals surface area contributed by atoms with Gasteiger partial charge < -0.3 is 5.11 Å². The van der Waals surface area contributed by atoms with Crippen LogP contribution >= 0.6 is 0 Å². The molecule has 1 aromatic rings. The van der Waals surface area contributed by atoms with Crippen LogP contribution in [0.15, 0.2) is 24.3 Å². The largest absolute Gasteiger partial charge is 0.392 e. The normalized spacial score (nSPS) is 26.9. The number of hydrogen-bond acceptors (Lipinski definition) is 1. The minimum absolute atomic E-state index is 0.0915. The average Bonchev–Trinajstić information content (AvgIpc) is 2.98. The summed E-state index contributed by atoms with van der Waals surface area (Å²) < 4.78 is 0. The summed E-state index contributed by atoms with van der Waals surface area (Å²) in [5, 5.41) is 10.5. The van der Waals surface area contributed by atoms with Gasteiger partial charge in [0.05, 0.1) is 6.10 Å². The van der Waals surface area contributed by atoms with Gasteiger partial charge in [-0.15, -0.1) is 0 Å². The van der Waals surface area contributed by atoms with Crippen LogP contribution in [-0.4, -0.2) is 11.2 Å². The van der Waals surface area contributed by atoms with E-state index in [-0.39, 0.29) is 6.10 Å². The predicted molar refractivity (Wildman–Crippen MR) is 65.5 cm³/mol. The standard InChI is InChI=1S/C15H20O/c16-15(12-6-1-2-7-12)14-10-9-11-5-3-4-8-13(11)14/h3-5,8,12,14-16H,1-2,6-7,9-10H2/t14?,15-/m0/s1. The lowest BCUT2D eigenvalue weighted by atomic mass is 9.86. The quantitative estimate of drug-likeness (QED) is 0.804. The monoisotopic (exact) mass is 216 g/mol. The van der Waals surface area contributed by atoms with Crippen LogP contribution in [0.4, 0.5) is 0 Å². The molecule has 0 spiro atoms. The van der Waals surface area contributed by atoms with E-state index in [9.17, 15) is 5.11 Å². The summed E-state index contributed by atoms with van der Waals surface area (Å²) in [5.41, 5.74) is 2.88. The smallest absolute Gasteiger partial charge is 0.0637 e. The molecule has 2 aliphatic rings. The Balaban J connectivity index is 1.81. The maximum Gasteiger partial charge on any atom is 0.0637 e. The second-order valence-electron chi connectivity index (χ2n) is 5.38. The topological polar surface area (TPSA) is 20.2 Å². The summed E-state index contributed by atoms with van der Waals surface area (Å²) in [4.78, 5) is 0. The van der Waals surface area contributed by atoms with E-state index in [1.165, 1.54) is 36.8 Å². The first kappa shape index (κ1) is 10.3. The fourth-order valence-electron chi connectivity index (χ4n) is 3.57. The highest BCUT2D eigenvalue weighted by Crippen LogP contribution is 2.41. The fourth-order valence-corrected chi connectivity index (χ4v) is 3.57. The Morgan fingerprint density at radius 2 is 1.81 bits per heavy atom. The molecule has 1 N–H and O–H groups in total. The number of aliphatic hydroxyl groups excluding tert-OH is 1. The van der Waals surface area contributed by atoms with Gasteiger partial charge in [-0.1, -0.05) is 37.1 Å². The molecule has 2 atom stereocenters. The van der Waals surface area contributed by atoms with E-state index in [0.29, 0.717) is 11.8 Å². The van der Waals surface area contributed by atoms with Gasteiger partial charge in [0, 0.05) is 5.92 Å². The molecule has 0 radical (unpaired) electrons. The van der Waals surface area contributed by atoms with Crippen LogP contribution in [0.25, 0.3) is 0 Å². The van der Waals surface area contributed by atoms with Gasteiger partial charge in [-0.3, -0.25) is 0 Å². The van der Waals surface area contributed by atoms with Crippen molar-refractivity contribution in [3.8, 4) is 0 Å². The number of rotatable bonds is 2. The second kappa shape index (κ2) is 4.21. The molecule has 16 heavy (non-hydrogen) atoms. The highest BCUT2D eigenvalue weighted by molar-refractivity contribution is 5.35. The van der Waals surface area contributed by atoms with Crippen molar-refractivity contribution in [2.24, 2.45) is 5.92 Å². The molecule has 0 heterocycles. The number of hydrogen-bond donors (Lipinski definition) is 1. The zero-order valence-corrected chi connectivity index (χ0v) is 9.73. The van der Waals surface area contributed by atoms with E-state index in [1.54, 1.807) is 0 Å². The van der Waals surface area contributed by atoms with Crippen LogP contribution in [0, 0.1) is 5.92 Å². The van der Waals surface area contributed by atoms with Gasteiger partial charge in [0.1, 0.15) is 0 Å². The number of aliphatic hydroxyl groups is 1. The molecule has 0 bridgehead atoms. The van der Waals surface area contributed by atoms with Crippen LogP contribution in [0.3, 0.4) is 0 Å². The molecule has 2 aliphatic carbocycles. The van der Waals surface area contributed by atoms with Crippen LogP contribution in [0.1, 0.15) is 49.1 Å². The van der Waals surface area contributed by atoms with Gasteiger partial charge in [-0.25, -0.2) is 0 Å². The molecule has 1 fully saturated rings. The van der Waals surface area contributed by atoms with Crippen molar-refractivity contribution in [1.29, 1.82) is 0 Å². The molecule has 1 nitrogen and oxygen atoms in total.